The van der Waals surface area contributed by atoms with Crippen molar-refractivity contribution < 1.29 is 32.9 Å². The number of rotatable bonds is 6. The summed E-state index contributed by atoms with van der Waals surface area (Å²) < 4.78 is 56.7. The summed E-state index contributed by atoms with van der Waals surface area (Å²) in [6.07, 6.45) is -4.84. The quantitative estimate of drug-likeness (QED) is 0.612. The molecule has 2 rings (SSSR count). The number of hydrogen-bond acceptors (Lipinski definition) is 4. The lowest BCUT2D eigenvalue weighted by Crippen LogP contribution is -2.52. The van der Waals surface area contributed by atoms with E-state index in [1.54, 1.807) is 0 Å². The molecule has 30 heavy (non-hydrogen) atoms. The van der Waals surface area contributed by atoms with E-state index in [1.807, 2.05) is 0 Å². The second-order valence-corrected chi connectivity index (χ2v) is 8.25. The molecule has 3 N–H and O–H groups in total. The van der Waals surface area contributed by atoms with Crippen molar-refractivity contribution >= 4 is 0 Å². The van der Waals surface area contributed by atoms with Crippen molar-refractivity contribution in [3.8, 4) is 5.75 Å². The first-order valence-corrected chi connectivity index (χ1v) is 9.21. The molecule has 0 aliphatic carbocycles. The smallest absolute Gasteiger partial charge is 0.418 e. The van der Waals surface area contributed by atoms with Gasteiger partial charge < -0.3 is 19.9 Å². The van der Waals surface area contributed by atoms with E-state index < -0.39 is 53.8 Å². The molecule has 0 spiro atoms. The van der Waals surface area contributed by atoms with E-state index in [1.165, 1.54) is 27.7 Å². The molecule has 1 unspecified atom stereocenters. The number of alkyl halides is 3. The number of nitrogens with zero attached hydrogens (tertiary/aromatic N) is 1. The van der Waals surface area contributed by atoms with Crippen molar-refractivity contribution in [1.82, 2.24) is 4.57 Å². The summed E-state index contributed by atoms with van der Waals surface area (Å²) in [5.74, 6) is -1.13. The van der Waals surface area contributed by atoms with E-state index in [-0.39, 0.29) is 22.4 Å². The number of aliphatic hydroxyl groups is 2. The SMILES string of the molecule is Cc1cn(CC(O)(CC(C)(C)c2cc(F)ccc2O)C(F)(F)F)c(CO)c(C)c1=O. The standard InChI is InChI=1S/C21H25F4NO4/c1-12-8-26(16(9-27)13(2)18(12)29)11-20(30,21(23,24)25)10-19(3,4)15-7-14(22)5-6-17(15)28/h5-8,27-28,30H,9-11H2,1-4H3. The van der Waals surface area contributed by atoms with Crippen LogP contribution in [0.4, 0.5) is 17.6 Å². The maximum absolute atomic E-state index is 14.0. The van der Waals surface area contributed by atoms with Crippen LogP contribution in [-0.4, -0.2) is 31.7 Å². The highest BCUT2D eigenvalue weighted by molar-refractivity contribution is 5.38. The molecular weight excluding hydrogens is 406 g/mol. The van der Waals surface area contributed by atoms with Gasteiger partial charge in [0, 0.05) is 22.9 Å². The Balaban J connectivity index is 2.58. The van der Waals surface area contributed by atoms with E-state index in [4.69, 9.17) is 0 Å². The Bertz CT molecular complexity index is 998. The van der Waals surface area contributed by atoms with E-state index in [2.05, 4.69) is 0 Å². The van der Waals surface area contributed by atoms with Gasteiger partial charge in [0.25, 0.3) is 0 Å². The predicted molar refractivity (Wildman–Crippen MR) is 103 cm³/mol. The first-order chi connectivity index (χ1) is 13.6. The second kappa shape index (κ2) is 8.03. The van der Waals surface area contributed by atoms with Gasteiger partial charge in [-0.2, -0.15) is 13.2 Å². The normalized spacial score (nSPS) is 14.6. The molecule has 1 aromatic heterocycles. The molecule has 0 radical (unpaired) electrons. The van der Waals surface area contributed by atoms with Gasteiger partial charge in [-0.05, 0) is 43.9 Å². The Morgan fingerprint density at radius 3 is 2.27 bits per heavy atom. The Morgan fingerprint density at radius 1 is 1.13 bits per heavy atom. The number of phenolic OH excluding ortho intramolecular Hbond substituents is 1. The van der Waals surface area contributed by atoms with Crippen LogP contribution in [0.3, 0.4) is 0 Å². The van der Waals surface area contributed by atoms with Gasteiger partial charge in [0.2, 0.25) is 0 Å². The number of halogens is 4. The average molecular weight is 431 g/mol. The summed E-state index contributed by atoms with van der Waals surface area (Å²) in [6.45, 7) is 3.84. The monoisotopic (exact) mass is 431 g/mol. The van der Waals surface area contributed by atoms with Gasteiger partial charge in [-0.3, -0.25) is 4.79 Å². The van der Waals surface area contributed by atoms with Crippen LogP contribution < -0.4 is 5.43 Å². The fourth-order valence-corrected chi connectivity index (χ4v) is 3.77. The van der Waals surface area contributed by atoms with Crippen LogP contribution in [0.1, 0.15) is 42.7 Å². The Kier molecular flexibility index (Phi) is 6.40. The van der Waals surface area contributed by atoms with Crippen molar-refractivity contribution in [2.75, 3.05) is 0 Å². The third-order valence-electron chi connectivity index (χ3n) is 5.36. The minimum atomic E-state index is -5.09. The molecule has 0 amide bonds. The molecule has 0 saturated heterocycles. The van der Waals surface area contributed by atoms with Crippen molar-refractivity contribution in [3.63, 3.8) is 0 Å². The molecule has 1 atom stereocenters. The Morgan fingerprint density at radius 2 is 1.73 bits per heavy atom. The van der Waals surface area contributed by atoms with Crippen molar-refractivity contribution in [1.29, 1.82) is 0 Å². The molecule has 2 aromatic rings. The number of pyridine rings is 1. The molecule has 0 aliphatic rings. The number of aromatic hydroxyl groups is 1. The van der Waals surface area contributed by atoms with Gasteiger partial charge in [0.15, 0.2) is 11.0 Å². The summed E-state index contributed by atoms with van der Waals surface area (Å²) in [7, 11) is 0. The minimum absolute atomic E-state index is 0.0420. The lowest BCUT2D eigenvalue weighted by Gasteiger charge is -2.39. The maximum Gasteiger partial charge on any atom is 0.418 e. The fraction of sp³-hybridized carbons (Fsp3) is 0.476. The van der Waals surface area contributed by atoms with Gasteiger partial charge in [0.05, 0.1) is 18.8 Å². The second-order valence-electron chi connectivity index (χ2n) is 8.25. The Labute approximate surface area is 171 Å². The number of aryl methyl sites for hydroxylation is 1. The summed E-state index contributed by atoms with van der Waals surface area (Å²) >= 11 is 0. The van der Waals surface area contributed by atoms with E-state index in [0.717, 1.165) is 29.0 Å². The van der Waals surface area contributed by atoms with Crippen LogP contribution in [0, 0.1) is 19.7 Å². The average Bonchev–Trinajstić information content (AvgIpc) is 2.60. The number of aliphatic hydroxyl groups excluding tert-OH is 1. The summed E-state index contributed by atoms with van der Waals surface area (Å²) in [5.41, 5.74) is -5.05. The van der Waals surface area contributed by atoms with Gasteiger partial charge in [0.1, 0.15) is 11.6 Å². The van der Waals surface area contributed by atoms with E-state index in [9.17, 15) is 37.7 Å². The lowest BCUT2D eigenvalue weighted by molar-refractivity contribution is -0.271. The molecule has 0 saturated carbocycles. The molecule has 0 aliphatic heterocycles. The first-order valence-electron chi connectivity index (χ1n) is 9.21. The van der Waals surface area contributed by atoms with Crippen LogP contribution in [0.25, 0.3) is 0 Å². The molecule has 9 heteroatoms. The maximum atomic E-state index is 14.0. The zero-order chi connectivity index (χ0) is 23.1. The van der Waals surface area contributed by atoms with E-state index >= 15 is 0 Å². The van der Waals surface area contributed by atoms with Crippen LogP contribution in [0.15, 0.2) is 29.2 Å². The molecule has 0 bridgehead atoms. The Hall–Kier alpha value is -2.39. The number of phenols is 1. The fourth-order valence-electron chi connectivity index (χ4n) is 3.77. The number of benzene rings is 1. The molecule has 1 aromatic carbocycles. The van der Waals surface area contributed by atoms with Gasteiger partial charge >= 0.3 is 6.18 Å². The summed E-state index contributed by atoms with van der Waals surface area (Å²) in [6, 6.07) is 2.95. The largest absolute Gasteiger partial charge is 0.508 e. The van der Waals surface area contributed by atoms with Gasteiger partial charge in [-0.25, -0.2) is 4.39 Å². The van der Waals surface area contributed by atoms with Crippen LogP contribution >= 0.6 is 0 Å². The molecule has 0 fully saturated rings. The zero-order valence-electron chi connectivity index (χ0n) is 17.1. The molecule has 1 heterocycles. The topological polar surface area (TPSA) is 82.7 Å². The predicted octanol–water partition coefficient (Wildman–Crippen LogP) is 3.46. The third kappa shape index (κ3) is 4.52. The molecule has 166 valence electrons. The molecule has 5 nitrogen and oxygen atoms in total. The molecular formula is C21H25F4NO4. The van der Waals surface area contributed by atoms with Gasteiger partial charge in [-0.15, -0.1) is 0 Å². The van der Waals surface area contributed by atoms with Crippen molar-refractivity contribution in [3.05, 3.63) is 62.8 Å². The summed E-state index contributed by atoms with van der Waals surface area (Å²) in [4.78, 5) is 12.1. The van der Waals surface area contributed by atoms with Crippen LogP contribution in [0.2, 0.25) is 0 Å². The lowest BCUT2D eigenvalue weighted by atomic mass is 9.74. The highest BCUT2D eigenvalue weighted by atomic mass is 19.4. The minimum Gasteiger partial charge on any atom is -0.508 e. The van der Waals surface area contributed by atoms with Crippen LogP contribution in [-0.2, 0) is 18.6 Å². The first kappa shape index (κ1) is 23.9. The highest BCUT2D eigenvalue weighted by Gasteiger charge is 2.56. The number of aromatic nitrogens is 1. The van der Waals surface area contributed by atoms with Gasteiger partial charge in [-0.1, -0.05) is 13.8 Å². The van der Waals surface area contributed by atoms with Crippen molar-refractivity contribution in [2.45, 2.75) is 64.5 Å². The van der Waals surface area contributed by atoms with Crippen molar-refractivity contribution in [2.24, 2.45) is 0 Å². The third-order valence-corrected chi connectivity index (χ3v) is 5.36. The van der Waals surface area contributed by atoms with Crippen LogP contribution in [0.5, 0.6) is 5.75 Å². The summed E-state index contributed by atoms with van der Waals surface area (Å²) in [5, 5.41) is 30.4. The zero-order valence-corrected chi connectivity index (χ0v) is 17.1. The number of hydrogen-bond donors (Lipinski definition) is 3. The highest BCUT2D eigenvalue weighted by Crippen LogP contribution is 2.44. The van der Waals surface area contributed by atoms with E-state index in [0.29, 0.717) is 0 Å².